The van der Waals surface area contributed by atoms with Gasteiger partial charge in [0.1, 0.15) is 12.4 Å². The number of rotatable bonds is 4. The smallest absolute Gasteiger partial charge is 0.243 e. The molecule has 0 aliphatic carbocycles. The highest BCUT2D eigenvalue weighted by molar-refractivity contribution is 7.89. The predicted molar refractivity (Wildman–Crippen MR) is 80.8 cm³/mol. The van der Waals surface area contributed by atoms with Crippen molar-refractivity contribution in [2.24, 2.45) is 0 Å². The quantitative estimate of drug-likeness (QED) is 0.839. The maximum Gasteiger partial charge on any atom is 0.243 e. The second kappa shape index (κ2) is 6.78. The zero-order chi connectivity index (χ0) is 17.2. The lowest BCUT2D eigenvalue weighted by Crippen LogP contribution is -2.41. The molecule has 2 heterocycles. The fraction of sp³-hybridized carbons (Fsp3) is 0.333. The molecule has 0 N–H and O–H groups in total. The number of sulfonamides is 1. The van der Waals surface area contributed by atoms with E-state index in [4.69, 9.17) is 4.74 Å². The zero-order valence-electron chi connectivity index (χ0n) is 12.6. The number of aromatic nitrogens is 2. The molecule has 0 unspecified atom stereocenters. The summed E-state index contributed by atoms with van der Waals surface area (Å²) < 4.78 is 58.2. The van der Waals surface area contributed by atoms with E-state index in [1.54, 1.807) is 12.3 Å². The highest BCUT2D eigenvalue weighted by atomic mass is 32.2. The van der Waals surface area contributed by atoms with Gasteiger partial charge in [0.25, 0.3) is 0 Å². The Morgan fingerprint density at radius 3 is 2.50 bits per heavy atom. The van der Waals surface area contributed by atoms with Crippen molar-refractivity contribution in [2.45, 2.75) is 23.8 Å². The lowest BCUT2D eigenvalue weighted by atomic mass is 10.1. The minimum atomic E-state index is -3.85. The first-order valence-corrected chi connectivity index (χ1v) is 8.79. The maximum absolute atomic E-state index is 13.3. The van der Waals surface area contributed by atoms with E-state index < -0.39 is 21.7 Å². The number of ether oxygens (including phenoxy) is 1. The van der Waals surface area contributed by atoms with Gasteiger partial charge in [0, 0.05) is 25.4 Å². The molecule has 1 aliphatic heterocycles. The van der Waals surface area contributed by atoms with Crippen LogP contribution in [-0.2, 0) is 10.0 Å². The summed E-state index contributed by atoms with van der Waals surface area (Å²) in [5, 5.41) is 0. The van der Waals surface area contributed by atoms with E-state index in [2.05, 4.69) is 9.97 Å². The molecule has 0 saturated carbocycles. The number of hydrogen-bond acceptors (Lipinski definition) is 5. The van der Waals surface area contributed by atoms with Gasteiger partial charge in [0.2, 0.25) is 15.9 Å². The highest BCUT2D eigenvalue weighted by Gasteiger charge is 2.30. The van der Waals surface area contributed by atoms with E-state index in [0.29, 0.717) is 24.8 Å². The van der Waals surface area contributed by atoms with Crippen LogP contribution in [0.15, 0.2) is 41.7 Å². The molecule has 0 bridgehead atoms. The van der Waals surface area contributed by atoms with Crippen LogP contribution in [0.3, 0.4) is 0 Å². The van der Waals surface area contributed by atoms with Crippen LogP contribution in [0.25, 0.3) is 0 Å². The Balaban J connectivity index is 1.66. The van der Waals surface area contributed by atoms with Crippen LogP contribution >= 0.6 is 0 Å². The molecule has 24 heavy (non-hydrogen) atoms. The molecule has 1 saturated heterocycles. The van der Waals surface area contributed by atoms with Crippen LogP contribution in [0.5, 0.6) is 5.88 Å². The van der Waals surface area contributed by atoms with Crippen molar-refractivity contribution in [3.8, 4) is 5.88 Å². The van der Waals surface area contributed by atoms with Crippen molar-refractivity contribution in [1.82, 2.24) is 14.3 Å². The maximum atomic E-state index is 13.3. The molecule has 1 fully saturated rings. The van der Waals surface area contributed by atoms with E-state index in [9.17, 15) is 17.2 Å². The van der Waals surface area contributed by atoms with Crippen LogP contribution in [-0.4, -0.2) is 41.9 Å². The molecule has 0 spiro atoms. The van der Waals surface area contributed by atoms with Crippen molar-refractivity contribution in [3.63, 3.8) is 0 Å². The molecule has 6 nitrogen and oxygen atoms in total. The molecule has 2 aromatic rings. The monoisotopic (exact) mass is 355 g/mol. The average molecular weight is 355 g/mol. The number of benzene rings is 1. The van der Waals surface area contributed by atoms with Gasteiger partial charge in [0.15, 0.2) is 11.6 Å². The Bertz CT molecular complexity index is 810. The third-order valence-corrected chi connectivity index (χ3v) is 5.67. The Kier molecular flexibility index (Phi) is 4.72. The molecule has 1 aromatic carbocycles. The molecule has 0 radical (unpaired) electrons. The fourth-order valence-corrected chi connectivity index (χ4v) is 3.98. The summed E-state index contributed by atoms with van der Waals surface area (Å²) in [5.41, 5.74) is 0. The lowest BCUT2D eigenvalue weighted by molar-refractivity contribution is 0.129. The molecule has 1 aliphatic rings. The Hall–Kier alpha value is -2.13. The van der Waals surface area contributed by atoms with Gasteiger partial charge in [-0.15, -0.1) is 0 Å². The summed E-state index contributed by atoms with van der Waals surface area (Å²) in [6.07, 6.45) is 3.74. The molecule has 9 heteroatoms. The minimum absolute atomic E-state index is 0.156. The summed E-state index contributed by atoms with van der Waals surface area (Å²) in [4.78, 5) is 7.50. The first-order valence-electron chi connectivity index (χ1n) is 7.35. The van der Waals surface area contributed by atoms with Gasteiger partial charge in [-0.05, 0) is 31.0 Å². The van der Waals surface area contributed by atoms with Gasteiger partial charge in [0.05, 0.1) is 4.90 Å². The molecular weight excluding hydrogens is 340 g/mol. The van der Waals surface area contributed by atoms with Crippen LogP contribution in [0, 0.1) is 11.6 Å². The predicted octanol–water partition coefficient (Wildman–Crippen LogP) is 1.99. The average Bonchev–Trinajstić information content (AvgIpc) is 2.58. The van der Waals surface area contributed by atoms with Crippen LogP contribution in [0.2, 0.25) is 0 Å². The number of hydrogen-bond donors (Lipinski definition) is 0. The van der Waals surface area contributed by atoms with Crippen molar-refractivity contribution in [1.29, 1.82) is 0 Å². The molecule has 128 valence electrons. The normalized spacial score (nSPS) is 16.9. The number of nitrogens with zero attached hydrogens (tertiary/aromatic N) is 3. The van der Waals surface area contributed by atoms with Gasteiger partial charge in [-0.1, -0.05) is 0 Å². The number of halogens is 2. The first kappa shape index (κ1) is 16.7. The zero-order valence-corrected chi connectivity index (χ0v) is 13.4. The summed E-state index contributed by atoms with van der Waals surface area (Å²) >= 11 is 0. The summed E-state index contributed by atoms with van der Waals surface area (Å²) in [6, 6.07) is 4.21. The van der Waals surface area contributed by atoms with Crippen molar-refractivity contribution in [3.05, 3.63) is 48.4 Å². The topological polar surface area (TPSA) is 72.4 Å². The number of piperidine rings is 1. The molecule has 0 amide bonds. The van der Waals surface area contributed by atoms with E-state index >= 15 is 0 Å². The largest absolute Gasteiger partial charge is 0.474 e. The van der Waals surface area contributed by atoms with Crippen molar-refractivity contribution >= 4 is 10.0 Å². The van der Waals surface area contributed by atoms with Gasteiger partial charge < -0.3 is 4.74 Å². The Labute approximate surface area is 138 Å². The SMILES string of the molecule is O=S(=O)(c1ccc(F)c(F)c1)N1CCC(Oc2ccncn2)CC1. The van der Waals surface area contributed by atoms with Gasteiger partial charge in [-0.3, -0.25) is 0 Å². The van der Waals surface area contributed by atoms with E-state index in [-0.39, 0.29) is 24.1 Å². The van der Waals surface area contributed by atoms with Gasteiger partial charge in [-0.2, -0.15) is 4.31 Å². The molecule has 3 rings (SSSR count). The summed E-state index contributed by atoms with van der Waals surface area (Å²) in [5.74, 6) is -1.82. The summed E-state index contributed by atoms with van der Waals surface area (Å²) in [6.45, 7) is 0.466. The second-order valence-electron chi connectivity index (χ2n) is 5.34. The molecule has 0 atom stereocenters. The van der Waals surface area contributed by atoms with E-state index in [1.807, 2.05) is 0 Å². The van der Waals surface area contributed by atoms with E-state index in [0.717, 1.165) is 12.1 Å². The Morgan fingerprint density at radius 2 is 1.88 bits per heavy atom. The minimum Gasteiger partial charge on any atom is -0.474 e. The van der Waals surface area contributed by atoms with Gasteiger partial charge in [-0.25, -0.2) is 27.2 Å². The fourth-order valence-electron chi connectivity index (χ4n) is 2.50. The first-order chi connectivity index (χ1) is 11.5. The van der Waals surface area contributed by atoms with Crippen LogP contribution in [0.4, 0.5) is 8.78 Å². The molecular formula is C15H15F2N3O3S. The standard InChI is InChI=1S/C15H15F2N3O3S/c16-13-2-1-12(9-14(13)17)24(21,22)20-7-4-11(5-8-20)23-15-3-6-18-10-19-15/h1-3,6,9-11H,4-5,7-8H2. The lowest BCUT2D eigenvalue weighted by Gasteiger charge is -2.31. The van der Waals surface area contributed by atoms with Crippen molar-refractivity contribution < 1.29 is 21.9 Å². The van der Waals surface area contributed by atoms with Crippen LogP contribution in [0.1, 0.15) is 12.8 Å². The Morgan fingerprint density at radius 1 is 1.12 bits per heavy atom. The van der Waals surface area contributed by atoms with Crippen molar-refractivity contribution in [2.75, 3.05) is 13.1 Å². The van der Waals surface area contributed by atoms with E-state index in [1.165, 1.54) is 10.6 Å². The third kappa shape index (κ3) is 3.51. The summed E-state index contributed by atoms with van der Waals surface area (Å²) in [7, 11) is -3.85. The highest BCUT2D eigenvalue weighted by Crippen LogP contribution is 2.24. The second-order valence-corrected chi connectivity index (χ2v) is 7.28. The van der Waals surface area contributed by atoms with Crippen LogP contribution < -0.4 is 4.74 Å². The molecule has 1 aromatic heterocycles. The van der Waals surface area contributed by atoms with Gasteiger partial charge >= 0.3 is 0 Å². The third-order valence-electron chi connectivity index (χ3n) is 3.77.